The second-order valence-electron chi connectivity index (χ2n) is 9.46. The Hall–Kier alpha value is -3.42. The summed E-state index contributed by atoms with van der Waals surface area (Å²) in [5.74, 6) is -0.438. The van der Waals surface area contributed by atoms with Crippen LogP contribution in [0.25, 0.3) is 11.3 Å². The maximum atomic E-state index is 14.0. The fourth-order valence-electron chi connectivity index (χ4n) is 5.83. The minimum Gasteiger partial charge on any atom is -0.490 e. The topological polar surface area (TPSA) is 50.6 Å². The zero-order valence-electron chi connectivity index (χ0n) is 19.2. The Balaban J connectivity index is 1.40. The van der Waals surface area contributed by atoms with Crippen LogP contribution >= 0.6 is 0 Å². The third-order valence-electron chi connectivity index (χ3n) is 7.35. The molecule has 0 spiro atoms. The van der Waals surface area contributed by atoms with E-state index in [2.05, 4.69) is 4.90 Å². The Morgan fingerprint density at radius 3 is 2.68 bits per heavy atom. The maximum Gasteiger partial charge on any atom is 0.254 e. The number of carbonyl (C=O) groups is 1. The van der Waals surface area contributed by atoms with Crippen molar-refractivity contribution in [3.05, 3.63) is 64.9 Å². The molecule has 8 heteroatoms. The Labute approximate surface area is 196 Å². The lowest BCUT2D eigenvalue weighted by Crippen LogP contribution is -2.49. The van der Waals surface area contributed by atoms with Crippen molar-refractivity contribution in [3.8, 4) is 17.0 Å². The quantitative estimate of drug-likeness (QED) is 0.561. The predicted octanol–water partition coefficient (Wildman–Crippen LogP) is 4.49. The first-order valence-corrected chi connectivity index (χ1v) is 11.7. The lowest BCUT2D eigenvalue weighted by Gasteiger charge is -2.45. The van der Waals surface area contributed by atoms with E-state index in [1.807, 2.05) is 30.1 Å². The summed E-state index contributed by atoms with van der Waals surface area (Å²) in [5, 5.41) is 4.77. The van der Waals surface area contributed by atoms with E-state index in [0.717, 1.165) is 60.3 Å². The van der Waals surface area contributed by atoms with Crippen molar-refractivity contribution in [2.45, 2.75) is 37.8 Å². The van der Waals surface area contributed by atoms with Gasteiger partial charge in [-0.1, -0.05) is 0 Å². The monoisotopic (exact) mass is 464 g/mol. The van der Waals surface area contributed by atoms with Crippen molar-refractivity contribution in [2.24, 2.45) is 7.05 Å². The first kappa shape index (κ1) is 21.1. The van der Waals surface area contributed by atoms with Crippen LogP contribution in [-0.4, -0.2) is 46.8 Å². The van der Waals surface area contributed by atoms with E-state index in [4.69, 9.17) is 9.84 Å². The van der Waals surface area contributed by atoms with Crippen LogP contribution in [0.15, 0.2) is 36.4 Å². The Bertz CT molecular complexity index is 1280. The van der Waals surface area contributed by atoms with Gasteiger partial charge in [-0.25, -0.2) is 8.78 Å². The van der Waals surface area contributed by atoms with E-state index in [-0.39, 0.29) is 18.0 Å². The Morgan fingerprint density at radius 1 is 1.09 bits per heavy atom. The van der Waals surface area contributed by atoms with E-state index in [1.165, 1.54) is 12.1 Å². The van der Waals surface area contributed by atoms with E-state index in [1.54, 1.807) is 11.7 Å². The molecular formula is C26H26F2N4O2. The number of fused-ring (bicyclic) bond motifs is 5. The van der Waals surface area contributed by atoms with Crippen molar-refractivity contribution >= 4 is 11.6 Å². The van der Waals surface area contributed by atoms with Crippen LogP contribution in [0.1, 0.15) is 46.9 Å². The van der Waals surface area contributed by atoms with Gasteiger partial charge in [0.2, 0.25) is 0 Å². The smallest absolute Gasteiger partial charge is 0.254 e. The number of piperidine rings is 1. The van der Waals surface area contributed by atoms with Gasteiger partial charge in [0.15, 0.2) is 0 Å². The van der Waals surface area contributed by atoms with Crippen LogP contribution in [0, 0.1) is 11.6 Å². The molecule has 6 nitrogen and oxygen atoms in total. The molecule has 34 heavy (non-hydrogen) atoms. The van der Waals surface area contributed by atoms with E-state index in [9.17, 15) is 13.6 Å². The van der Waals surface area contributed by atoms with Gasteiger partial charge in [-0.05, 0) is 56.0 Å². The number of aryl methyl sites for hydroxylation is 1. The average Bonchev–Trinajstić information content (AvgIpc) is 3.13. The van der Waals surface area contributed by atoms with Crippen molar-refractivity contribution in [2.75, 3.05) is 25.1 Å². The summed E-state index contributed by atoms with van der Waals surface area (Å²) in [6, 6.07) is 9.07. The van der Waals surface area contributed by atoms with Crippen molar-refractivity contribution in [1.82, 2.24) is 14.7 Å². The van der Waals surface area contributed by atoms with Crippen LogP contribution in [0.5, 0.6) is 5.75 Å². The molecule has 3 aromatic rings. The molecule has 0 unspecified atom stereocenters. The highest BCUT2D eigenvalue weighted by atomic mass is 19.1. The molecule has 2 bridgehead atoms. The van der Waals surface area contributed by atoms with Gasteiger partial charge >= 0.3 is 0 Å². The minimum absolute atomic E-state index is 0.00822. The third-order valence-corrected chi connectivity index (χ3v) is 7.35. The molecule has 3 aliphatic heterocycles. The van der Waals surface area contributed by atoms with Crippen molar-refractivity contribution in [3.63, 3.8) is 0 Å². The van der Waals surface area contributed by atoms with Gasteiger partial charge < -0.3 is 14.5 Å². The molecule has 3 aliphatic rings. The predicted molar refractivity (Wildman–Crippen MR) is 124 cm³/mol. The molecule has 176 valence electrons. The Morgan fingerprint density at radius 2 is 1.88 bits per heavy atom. The first-order valence-electron chi connectivity index (χ1n) is 11.7. The van der Waals surface area contributed by atoms with Crippen molar-refractivity contribution < 1.29 is 18.3 Å². The number of benzene rings is 2. The summed E-state index contributed by atoms with van der Waals surface area (Å²) >= 11 is 0. The number of aromatic nitrogens is 2. The zero-order chi connectivity index (χ0) is 23.6. The molecule has 1 amide bonds. The number of likely N-dealkylation sites (N-methyl/N-ethyl adjacent to an activating group) is 1. The number of anilines is 1. The van der Waals surface area contributed by atoms with Gasteiger partial charge in [-0.15, -0.1) is 0 Å². The van der Waals surface area contributed by atoms with E-state index >= 15 is 0 Å². The SMILES string of the molecule is CN1CCOc2ccc(C(=O)N3[C@@H]4CCC[C@H]3c3nn(C)c(-c5cc(F)cc(F)c5)c3C4)cc21. The summed E-state index contributed by atoms with van der Waals surface area (Å²) in [6.07, 6.45) is 3.34. The van der Waals surface area contributed by atoms with Gasteiger partial charge in [0.05, 0.1) is 29.7 Å². The second kappa shape index (κ2) is 7.82. The molecule has 4 heterocycles. The van der Waals surface area contributed by atoms with E-state index in [0.29, 0.717) is 24.2 Å². The molecule has 2 atom stereocenters. The number of rotatable bonds is 2. The van der Waals surface area contributed by atoms with Gasteiger partial charge in [0.1, 0.15) is 24.0 Å². The largest absolute Gasteiger partial charge is 0.490 e. The molecule has 0 radical (unpaired) electrons. The summed E-state index contributed by atoms with van der Waals surface area (Å²) in [6.45, 7) is 1.41. The van der Waals surface area contributed by atoms with Crippen LogP contribution in [0.4, 0.5) is 14.5 Å². The molecule has 0 N–H and O–H groups in total. The number of hydrogen-bond donors (Lipinski definition) is 0. The van der Waals surface area contributed by atoms with Gasteiger partial charge in [-0.3, -0.25) is 9.48 Å². The molecule has 0 saturated carbocycles. The molecular weight excluding hydrogens is 438 g/mol. The lowest BCUT2D eigenvalue weighted by molar-refractivity contribution is 0.0392. The van der Waals surface area contributed by atoms with E-state index < -0.39 is 11.6 Å². The first-order chi connectivity index (χ1) is 16.4. The molecule has 2 aromatic carbocycles. The molecule has 1 aromatic heterocycles. The third kappa shape index (κ3) is 3.27. The van der Waals surface area contributed by atoms with Gasteiger partial charge in [0, 0.05) is 42.9 Å². The fraction of sp³-hybridized carbons (Fsp3) is 0.385. The Kier molecular flexibility index (Phi) is 4.86. The van der Waals surface area contributed by atoms with Gasteiger partial charge in [-0.2, -0.15) is 5.10 Å². The normalized spacial score (nSPS) is 21.1. The minimum atomic E-state index is -0.612. The number of halogens is 2. The zero-order valence-corrected chi connectivity index (χ0v) is 19.2. The highest BCUT2D eigenvalue weighted by molar-refractivity contribution is 5.96. The highest BCUT2D eigenvalue weighted by Crippen LogP contribution is 2.45. The summed E-state index contributed by atoms with van der Waals surface area (Å²) in [5.41, 5.74) is 4.59. The van der Waals surface area contributed by atoms with Crippen LogP contribution < -0.4 is 9.64 Å². The van der Waals surface area contributed by atoms with Crippen LogP contribution in [0.2, 0.25) is 0 Å². The highest BCUT2D eigenvalue weighted by Gasteiger charge is 2.43. The van der Waals surface area contributed by atoms with Crippen molar-refractivity contribution in [1.29, 1.82) is 0 Å². The standard InChI is InChI=1S/C26H26F2N4O2/c1-30-8-9-34-23-7-6-15(12-22(23)30)26(33)32-19-4-3-5-21(32)24-20(14-19)25(31(2)29-24)16-10-17(27)13-18(28)11-16/h6-7,10-13,19,21H,3-5,8-9,14H2,1-2H3/t19-,21+/m1/s1. The lowest BCUT2D eigenvalue weighted by atomic mass is 9.81. The number of amides is 1. The fourth-order valence-corrected chi connectivity index (χ4v) is 5.83. The summed E-state index contributed by atoms with van der Waals surface area (Å²) < 4.78 is 35.4. The summed E-state index contributed by atoms with van der Waals surface area (Å²) in [4.78, 5) is 17.9. The van der Waals surface area contributed by atoms with Crippen LogP contribution in [0.3, 0.4) is 0 Å². The molecule has 1 fully saturated rings. The molecule has 0 aliphatic carbocycles. The number of ether oxygens (including phenoxy) is 1. The average molecular weight is 465 g/mol. The van der Waals surface area contributed by atoms with Crippen LogP contribution in [-0.2, 0) is 13.5 Å². The molecule has 6 rings (SSSR count). The second-order valence-corrected chi connectivity index (χ2v) is 9.46. The number of carbonyl (C=O) groups excluding carboxylic acids is 1. The number of nitrogens with zero attached hydrogens (tertiary/aromatic N) is 4. The summed E-state index contributed by atoms with van der Waals surface area (Å²) in [7, 11) is 3.80. The maximum absolute atomic E-state index is 14.0. The number of hydrogen-bond acceptors (Lipinski definition) is 4. The van der Waals surface area contributed by atoms with Gasteiger partial charge in [0.25, 0.3) is 5.91 Å². The molecule has 1 saturated heterocycles.